The predicted molar refractivity (Wildman–Crippen MR) is 70.4 cm³/mol. The van der Waals surface area contributed by atoms with Gasteiger partial charge in [0.2, 0.25) is 5.95 Å². The Labute approximate surface area is 111 Å². The lowest BCUT2D eigenvalue weighted by Crippen LogP contribution is -2.36. The summed E-state index contributed by atoms with van der Waals surface area (Å²) in [5, 5.41) is 6.55. The molecule has 0 saturated carbocycles. The van der Waals surface area contributed by atoms with Crippen molar-refractivity contribution >= 4 is 17.1 Å². The number of nitrogens with one attached hydrogen (secondary N) is 2. The topological polar surface area (TPSA) is 111 Å². The molecule has 20 heavy (non-hydrogen) atoms. The lowest BCUT2D eigenvalue weighted by molar-refractivity contribution is 0.388. The molecule has 0 bridgehead atoms. The molecule has 0 aliphatic heterocycles. The van der Waals surface area contributed by atoms with E-state index in [4.69, 9.17) is 4.52 Å². The molecule has 9 heteroatoms. The first-order valence-corrected chi connectivity index (χ1v) is 5.87. The number of aromatic nitrogens is 5. The summed E-state index contributed by atoms with van der Waals surface area (Å²) in [7, 11) is 2.98. The Morgan fingerprint density at radius 2 is 2.15 bits per heavy atom. The van der Waals surface area contributed by atoms with Gasteiger partial charge < -0.3 is 14.8 Å². The molecule has 0 aromatic carbocycles. The summed E-state index contributed by atoms with van der Waals surface area (Å²) < 4.78 is 7.28. The first kappa shape index (κ1) is 12.2. The maximum absolute atomic E-state index is 12.0. The molecule has 0 fully saturated rings. The van der Waals surface area contributed by atoms with Gasteiger partial charge in [0.1, 0.15) is 0 Å². The fourth-order valence-corrected chi connectivity index (χ4v) is 1.91. The monoisotopic (exact) mass is 276 g/mol. The highest BCUT2D eigenvalue weighted by atomic mass is 16.5. The second-order valence-corrected chi connectivity index (χ2v) is 4.32. The third kappa shape index (κ3) is 1.79. The van der Waals surface area contributed by atoms with Gasteiger partial charge in [-0.2, -0.15) is 4.98 Å². The summed E-state index contributed by atoms with van der Waals surface area (Å²) in [5.41, 5.74) is -0.257. The van der Waals surface area contributed by atoms with Gasteiger partial charge in [-0.25, -0.2) is 4.79 Å². The van der Waals surface area contributed by atoms with Crippen LogP contribution in [0.15, 0.2) is 26.4 Å². The molecule has 3 heterocycles. The van der Waals surface area contributed by atoms with E-state index in [1.54, 1.807) is 13.1 Å². The lowest BCUT2D eigenvalue weighted by Gasteiger charge is -2.00. The fraction of sp³-hybridized carbons (Fsp3) is 0.273. The van der Waals surface area contributed by atoms with Gasteiger partial charge in [-0.05, 0) is 0 Å². The SMILES string of the molecule is Cn1c(=O)c2[nH]c(NCc3ccno3)nc2n(C)c1=O. The van der Waals surface area contributed by atoms with Crippen LogP contribution in [0.3, 0.4) is 0 Å². The van der Waals surface area contributed by atoms with Crippen LogP contribution in [0.5, 0.6) is 0 Å². The average Bonchev–Trinajstić information content (AvgIpc) is 3.09. The molecule has 2 N–H and O–H groups in total. The smallest absolute Gasteiger partial charge is 0.332 e. The Hall–Kier alpha value is -2.84. The summed E-state index contributed by atoms with van der Waals surface area (Å²) in [6, 6.07) is 1.71. The molecular formula is C11H12N6O3. The standard InChI is InChI=1S/C11H12N6O3/c1-16-8-7(9(18)17(2)11(16)19)14-10(15-8)12-5-6-3-4-13-20-6/h3-4H,5H2,1-2H3,(H2,12,14,15). The van der Waals surface area contributed by atoms with Crippen molar-refractivity contribution in [3.8, 4) is 0 Å². The highest BCUT2D eigenvalue weighted by molar-refractivity contribution is 5.72. The van der Waals surface area contributed by atoms with Crippen molar-refractivity contribution in [2.75, 3.05) is 5.32 Å². The van der Waals surface area contributed by atoms with Crippen LogP contribution in [0, 0.1) is 0 Å². The van der Waals surface area contributed by atoms with Crippen molar-refractivity contribution in [1.82, 2.24) is 24.3 Å². The van der Waals surface area contributed by atoms with Crippen molar-refractivity contribution in [3.63, 3.8) is 0 Å². The molecule has 9 nitrogen and oxygen atoms in total. The van der Waals surface area contributed by atoms with Crippen LogP contribution < -0.4 is 16.6 Å². The van der Waals surface area contributed by atoms with Crippen molar-refractivity contribution < 1.29 is 4.52 Å². The molecular weight excluding hydrogens is 264 g/mol. The summed E-state index contributed by atoms with van der Waals surface area (Å²) in [5.74, 6) is 1.02. The highest BCUT2D eigenvalue weighted by Crippen LogP contribution is 2.09. The van der Waals surface area contributed by atoms with Crippen LogP contribution in [-0.4, -0.2) is 24.3 Å². The minimum absolute atomic E-state index is 0.273. The van der Waals surface area contributed by atoms with Crippen LogP contribution in [0.1, 0.15) is 5.76 Å². The minimum atomic E-state index is -0.421. The van der Waals surface area contributed by atoms with Crippen LogP contribution in [-0.2, 0) is 20.6 Å². The van der Waals surface area contributed by atoms with Crippen molar-refractivity contribution in [1.29, 1.82) is 0 Å². The van der Waals surface area contributed by atoms with Gasteiger partial charge in [0, 0.05) is 20.2 Å². The van der Waals surface area contributed by atoms with Crippen molar-refractivity contribution in [2.24, 2.45) is 14.1 Å². The summed E-state index contributed by atoms with van der Waals surface area (Å²) in [6.45, 7) is 0.369. The van der Waals surface area contributed by atoms with E-state index in [1.165, 1.54) is 17.8 Å². The number of hydrogen-bond acceptors (Lipinski definition) is 6. The number of aromatic amines is 1. The third-order valence-electron chi connectivity index (χ3n) is 3.02. The van der Waals surface area contributed by atoms with E-state index < -0.39 is 11.2 Å². The van der Waals surface area contributed by atoms with E-state index >= 15 is 0 Å². The Morgan fingerprint density at radius 3 is 2.85 bits per heavy atom. The number of fused-ring (bicyclic) bond motifs is 1. The number of H-pyrrole nitrogens is 1. The van der Waals surface area contributed by atoms with Gasteiger partial charge in [-0.3, -0.25) is 13.9 Å². The molecule has 0 aliphatic rings. The second-order valence-electron chi connectivity index (χ2n) is 4.32. The molecule has 104 valence electrons. The fourth-order valence-electron chi connectivity index (χ4n) is 1.91. The number of anilines is 1. The second kappa shape index (κ2) is 4.37. The number of hydrogen-bond donors (Lipinski definition) is 2. The molecule has 0 amide bonds. The van der Waals surface area contributed by atoms with Crippen LogP contribution >= 0.6 is 0 Å². The zero-order chi connectivity index (χ0) is 14.3. The predicted octanol–water partition coefficient (Wildman–Crippen LogP) is -0.440. The van der Waals surface area contributed by atoms with E-state index in [-0.39, 0.29) is 5.52 Å². The van der Waals surface area contributed by atoms with Gasteiger partial charge in [0.15, 0.2) is 16.9 Å². The lowest BCUT2D eigenvalue weighted by atomic mass is 10.5. The van der Waals surface area contributed by atoms with Crippen LogP contribution in [0.2, 0.25) is 0 Å². The highest BCUT2D eigenvalue weighted by Gasteiger charge is 2.13. The molecule has 3 aromatic rings. The molecule has 0 aliphatic carbocycles. The molecule has 0 atom stereocenters. The van der Waals surface area contributed by atoms with E-state index in [0.29, 0.717) is 23.9 Å². The van der Waals surface area contributed by atoms with Gasteiger partial charge in [0.05, 0.1) is 12.7 Å². The molecule has 0 unspecified atom stereocenters. The van der Waals surface area contributed by atoms with Crippen LogP contribution in [0.4, 0.5) is 5.95 Å². The van der Waals surface area contributed by atoms with Gasteiger partial charge in [-0.15, -0.1) is 0 Å². The Morgan fingerprint density at radius 1 is 1.35 bits per heavy atom. The van der Waals surface area contributed by atoms with E-state index in [1.807, 2.05) is 0 Å². The largest absolute Gasteiger partial charge is 0.360 e. The molecule has 3 aromatic heterocycles. The van der Waals surface area contributed by atoms with E-state index in [9.17, 15) is 9.59 Å². The first-order valence-electron chi connectivity index (χ1n) is 5.87. The summed E-state index contributed by atoms with van der Waals surface area (Å²) in [4.78, 5) is 30.8. The Kier molecular flexibility index (Phi) is 2.67. The van der Waals surface area contributed by atoms with Crippen LogP contribution in [0.25, 0.3) is 11.2 Å². The number of rotatable bonds is 3. The van der Waals surface area contributed by atoms with E-state index in [0.717, 1.165) is 4.57 Å². The molecule has 0 radical (unpaired) electrons. The first-order chi connectivity index (χ1) is 9.58. The zero-order valence-electron chi connectivity index (χ0n) is 10.9. The maximum Gasteiger partial charge on any atom is 0.332 e. The van der Waals surface area contributed by atoms with Gasteiger partial charge in [0.25, 0.3) is 5.56 Å². The molecule has 0 saturated heterocycles. The normalized spacial score (nSPS) is 11.1. The average molecular weight is 276 g/mol. The Bertz CT molecular complexity index is 870. The minimum Gasteiger partial charge on any atom is -0.360 e. The van der Waals surface area contributed by atoms with Gasteiger partial charge >= 0.3 is 5.69 Å². The molecule has 0 spiro atoms. The zero-order valence-corrected chi connectivity index (χ0v) is 10.9. The number of nitrogens with zero attached hydrogens (tertiary/aromatic N) is 4. The summed E-state index contributed by atoms with van der Waals surface area (Å²) in [6.07, 6.45) is 1.54. The maximum atomic E-state index is 12.0. The third-order valence-corrected chi connectivity index (χ3v) is 3.02. The summed E-state index contributed by atoms with van der Waals surface area (Å²) >= 11 is 0. The number of aryl methyl sites for hydroxylation is 1. The van der Waals surface area contributed by atoms with Crippen molar-refractivity contribution in [2.45, 2.75) is 6.54 Å². The Balaban J connectivity index is 2.03. The van der Waals surface area contributed by atoms with Crippen molar-refractivity contribution in [3.05, 3.63) is 38.9 Å². The molecule has 3 rings (SSSR count). The number of imidazole rings is 1. The quantitative estimate of drug-likeness (QED) is 0.671. The van der Waals surface area contributed by atoms with Gasteiger partial charge in [-0.1, -0.05) is 5.16 Å². The van der Waals surface area contributed by atoms with E-state index in [2.05, 4.69) is 20.4 Å².